The fourth-order valence-electron chi connectivity index (χ4n) is 5.64. The largest absolute Gasteiger partial charge is 0.360 e. The Bertz CT molecular complexity index is 1520. The summed E-state index contributed by atoms with van der Waals surface area (Å²) in [6.45, 7) is 1.92. The van der Waals surface area contributed by atoms with Crippen LogP contribution in [0, 0.1) is 5.41 Å². The van der Waals surface area contributed by atoms with Crippen LogP contribution in [0.25, 0.3) is 27.9 Å². The molecule has 36 heavy (non-hydrogen) atoms. The molecule has 2 fully saturated rings. The molecule has 2 aliphatic carbocycles. The third kappa shape index (κ3) is 3.85. The first-order valence-electron chi connectivity index (χ1n) is 12.3. The number of benzene rings is 2. The van der Waals surface area contributed by atoms with Gasteiger partial charge in [-0.1, -0.05) is 56.4 Å². The third-order valence-corrected chi connectivity index (χ3v) is 8.91. The van der Waals surface area contributed by atoms with Gasteiger partial charge in [-0.3, -0.25) is 4.98 Å². The topological polar surface area (TPSA) is 55.1 Å². The van der Waals surface area contributed by atoms with Crippen molar-refractivity contribution in [1.29, 1.82) is 0 Å². The lowest BCUT2D eigenvalue weighted by Crippen LogP contribution is -2.42. The Kier molecular flexibility index (Phi) is 5.42. The lowest BCUT2D eigenvalue weighted by atomic mass is 9.63. The zero-order valence-electron chi connectivity index (χ0n) is 19.5. The van der Waals surface area contributed by atoms with Gasteiger partial charge in [0.2, 0.25) is 0 Å². The van der Waals surface area contributed by atoms with Crippen LogP contribution in [-0.2, 0) is 0 Å². The van der Waals surface area contributed by atoms with Gasteiger partial charge in [-0.05, 0) is 73.4 Å². The van der Waals surface area contributed by atoms with Crippen LogP contribution in [0.4, 0.5) is 5.82 Å². The highest BCUT2D eigenvalue weighted by Crippen LogP contribution is 2.56. The Morgan fingerprint density at radius 2 is 1.75 bits per heavy atom. The summed E-state index contributed by atoms with van der Waals surface area (Å²) in [6.07, 6.45) is 9.85. The molecule has 0 radical (unpaired) electrons. The minimum atomic E-state index is 0.209. The molecule has 0 unspecified atom stereocenters. The van der Waals surface area contributed by atoms with Crippen molar-refractivity contribution < 1.29 is 4.52 Å². The van der Waals surface area contributed by atoms with E-state index in [0.29, 0.717) is 16.0 Å². The van der Waals surface area contributed by atoms with Gasteiger partial charge in [0, 0.05) is 34.6 Å². The van der Waals surface area contributed by atoms with Crippen LogP contribution in [0.3, 0.4) is 0 Å². The molecule has 0 bridgehead atoms. The monoisotopic (exact) mass is 580 g/mol. The minimum absolute atomic E-state index is 0.209. The van der Waals surface area contributed by atoms with Crippen molar-refractivity contribution >= 4 is 61.6 Å². The lowest BCUT2D eigenvalue weighted by molar-refractivity contribution is 0.277. The van der Waals surface area contributed by atoms with Crippen LogP contribution in [0.2, 0.25) is 10.0 Å². The van der Waals surface area contributed by atoms with Gasteiger partial charge in [0.05, 0.1) is 27.3 Å². The number of aromatic nitrogens is 3. The Morgan fingerprint density at radius 1 is 1.00 bits per heavy atom. The molecular formula is C28H23BrCl2N4O. The molecule has 2 aromatic heterocycles. The Balaban J connectivity index is 1.15. The summed E-state index contributed by atoms with van der Waals surface area (Å²) in [7, 11) is 0. The van der Waals surface area contributed by atoms with Crippen LogP contribution in [0.5, 0.6) is 0 Å². The standard InChI is InChI=1S/C28H23BrCl2N4O/c29-18-6-7-21-22(12-18)32-15-23(33-21)35-10-8-28(9-11-35)13-17(14-28)24-26(34-36-27(24)16-4-5-16)25-19(30)2-1-3-20(25)31/h1-3,6-7,12-13,15-16H,4-5,8-11,14H2. The molecule has 182 valence electrons. The van der Waals surface area contributed by atoms with Gasteiger partial charge in [-0.25, -0.2) is 4.98 Å². The number of fused-ring (bicyclic) bond motifs is 1. The molecule has 3 aliphatic rings. The van der Waals surface area contributed by atoms with Crippen molar-refractivity contribution in [3.63, 3.8) is 0 Å². The predicted octanol–water partition coefficient (Wildman–Crippen LogP) is 8.31. The summed E-state index contributed by atoms with van der Waals surface area (Å²) in [4.78, 5) is 11.9. The number of hydrogen-bond donors (Lipinski definition) is 0. The Morgan fingerprint density at radius 3 is 2.47 bits per heavy atom. The highest BCUT2D eigenvalue weighted by atomic mass is 79.9. The maximum absolute atomic E-state index is 6.56. The smallest absolute Gasteiger partial charge is 0.147 e. The van der Waals surface area contributed by atoms with Gasteiger partial charge in [0.25, 0.3) is 0 Å². The lowest BCUT2D eigenvalue weighted by Gasteiger charge is -2.46. The molecule has 1 spiro atoms. The molecule has 3 heterocycles. The van der Waals surface area contributed by atoms with Crippen molar-refractivity contribution in [2.75, 3.05) is 18.0 Å². The van der Waals surface area contributed by atoms with E-state index in [2.05, 4.69) is 37.0 Å². The number of allylic oxidation sites excluding steroid dienone is 2. The van der Waals surface area contributed by atoms with E-state index in [1.54, 1.807) is 0 Å². The fourth-order valence-corrected chi connectivity index (χ4v) is 6.57. The van der Waals surface area contributed by atoms with E-state index in [1.807, 2.05) is 42.6 Å². The van der Waals surface area contributed by atoms with E-state index in [1.165, 1.54) is 5.57 Å². The quantitative estimate of drug-likeness (QED) is 0.242. The maximum atomic E-state index is 6.56. The van der Waals surface area contributed by atoms with Crippen molar-refractivity contribution in [1.82, 2.24) is 15.1 Å². The van der Waals surface area contributed by atoms with Crippen LogP contribution in [-0.4, -0.2) is 28.2 Å². The van der Waals surface area contributed by atoms with Gasteiger partial charge < -0.3 is 9.42 Å². The van der Waals surface area contributed by atoms with Gasteiger partial charge in [0.1, 0.15) is 17.3 Å². The number of rotatable bonds is 4. The highest BCUT2D eigenvalue weighted by Gasteiger charge is 2.44. The number of anilines is 1. The van der Waals surface area contributed by atoms with Gasteiger partial charge in [-0.2, -0.15) is 0 Å². The summed E-state index contributed by atoms with van der Waals surface area (Å²) in [5.74, 6) is 2.40. The molecule has 1 saturated heterocycles. The molecular weight excluding hydrogens is 559 g/mol. The number of nitrogens with zero attached hydrogens (tertiary/aromatic N) is 4. The van der Waals surface area contributed by atoms with E-state index in [4.69, 9.17) is 32.7 Å². The summed E-state index contributed by atoms with van der Waals surface area (Å²) >= 11 is 16.6. The second kappa shape index (κ2) is 8.57. The van der Waals surface area contributed by atoms with Crippen LogP contribution >= 0.6 is 39.1 Å². The first-order chi connectivity index (χ1) is 17.5. The highest BCUT2D eigenvalue weighted by molar-refractivity contribution is 9.10. The maximum Gasteiger partial charge on any atom is 0.147 e. The fraction of sp³-hybridized carbons (Fsp3) is 0.321. The van der Waals surface area contributed by atoms with Gasteiger partial charge in [0.15, 0.2) is 0 Å². The number of hydrogen-bond acceptors (Lipinski definition) is 5. The van der Waals surface area contributed by atoms with E-state index >= 15 is 0 Å². The number of halogens is 3. The molecule has 0 atom stereocenters. The molecule has 1 saturated carbocycles. The molecule has 8 heteroatoms. The molecule has 2 aromatic carbocycles. The van der Waals surface area contributed by atoms with E-state index in [0.717, 1.165) is 89.1 Å². The summed E-state index contributed by atoms with van der Waals surface area (Å²) in [6, 6.07) is 11.6. The second-order valence-electron chi connectivity index (χ2n) is 10.2. The van der Waals surface area contributed by atoms with Crippen LogP contribution in [0.1, 0.15) is 49.3 Å². The van der Waals surface area contributed by atoms with Crippen molar-refractivity contribution in [3.05, 3.63) is 74.5 Å². The Hall–Kier alpha value is -2.41. The van der Waals surface area contributed by atoms with Gasteiger partial charge >= 0.3 is 0 Å². The van der Waals surface area contributed by atoms with Gasteiger partial charge in [-0.15, -0.1) is 0 Å². The zero-order valence-corrected chi connectivity index (χ0v) is 22.6. The average molecular weight is 582 g/mol. The Labute approximate surface area is 227 Å². The first kappa shape index (κ1) is 22.8. The zero-order chi connectivity index (χ0) is 24.4. The van der Waals surface area contributed by atoms with E-state index in [-0.39, 0.29) is 5.41 Å². The third-order valence-electron chi connectivity index (χ3n) is 7.79. The summed E-state index contributed by atoms with van der Waals surface area (Å²) in [5.41, 5.74) is 6.02. The van der Waals surface area contributed by atoms with Crippen LogP contribution < -0.4 is 4.90 Å². The SMILES string of the molecule is Clc1cccc(Cl)c1-c1noc(C2CC2)c1C1=CC2(CCN(c3cnc4cc(Br)ccc4n3)CC2)C1. The molecule has 5 nitrogen and oxygen atoms in total. The van der Waals surface area contributed by atoms with Crippen LogP contribution in [0.15, 0.2) is 57.7 Å². The predicted molar refractivity (Wildman–Crippen MR) is 148 cm³/mol. The molecule has 0 amide bonds. The summed E-state index contributed by atoms with van der Waals surface area (Å²) in [5, 5.41) is 5.68. The van der Waals surface area contributed by atoms with E-state index in [9.17, 15) is 0 Å². The molecule has 7 rings (SSSR count). The molecule has 1 aliphatic heterocycles. The summed E-state index contributed by atoms with van der Waals surface area (Å²) < 4.78 is 6.92. The normalized spacial score (nSPS) is 19.0. The minimum Gasteiger partial charge on any atom is -0.360 e. The first-order valence-corrected chi connectivity index (χ1v) is 13.9. The van der Waals surface area contributed by atoms with E-state index < -0.39 is 0 Å². The van der Waals surface area contributed by atoms with Crippen molar-refractivity contribution in [3.8, 4) is 11.3 Å². The molecule has 0 N–H and O–H groups in total. The molecule has 4 aromatic rings. The second-order valence-corrected chi connectivity index (χ2v) is 11.9. The van der Waals surface area contributed by atoms with Crippen molar-refractivity contribution in [2.24, 2.45) is 5.41 Å². The number of piperidine rings is 1. The average Bonchev–Trinajstić information content (AvgIpc) is 3.62. The van der Waals surface area contributed by atoms with Crippen molar-refractivity contribution in [2.45, 2.75) is 38.0 Å².